The van der Waals surface area contributed by atoms with E-state index in [0.29, 0.717) is 0 Å². The number of aromatic amines is 1. The first-order chi connectivity index (χ1) is 10.7. The van der Waals surface area contributed by atoms with Gasteiger partial charge in [-0.3, -0.25) is 18.9 Å². The Balaban J connectivity index is 2.31. The van der Waals surface area contributed by atoms with E-state index in [1.807, 2.05) is 4.98 Å². The molecule has 0 aromatic carbocycles. The van der Waals surface area contributed by atoms with Crippen LogP contribution in [0.5, 0.6) is 0 Å². The number of hydrogen-bond donors (Lipinski definition) is 4. The molecule has 4 N–H and O–H groups in total. The second-order valence-electron chi connectivity index (χ2n) is 4.55. The van der Waals surface area contributed by atoms with Crippen LogP contribution in [-0.4, -0.2) is 49.3 Å². The van der Waals surface area contributed by atoms with E-state index in [1.54, 1.807) is 0 Å². The summed E-state index contributed by atoms with van der Waals surface area (Å²) in [6.07, 6.45) is -2.95. The van der Waals surface area contributed by atoms with Crippen LogP contribution in [-0.2, 0) is 13.8 Å². The highest BCUT2D eigenvalue weighted by Crippen LogP contribution is 2.38. The van der Waals surface area contributed by atoms with Crippen LogP contribution in [0.3, 0.4) is 0 Å². The van der Waals surface area contributed by atoms with Crippen molar-refractivity contribution in [2.75, 3.05) is 6.61 Å². The van der Waals surface area contributed by atoms with Gasteiger partial charge in [-0.25, -0.2) is 9.36 Å². The van der Waals surface area contributed by atoms with Gasteiger partial charge in [0.15, 0.2) is 0 Å². The van der Waals surface area contributed by atoms with Crippen molar-refractivity contribution in [2.24, 2.45) is 5.11 Å². The maximum atomic E-state index is 11.8. The van der Waals surface area contributed by atoms with Crippen LogP contribution in [0, 0.1) is 0 Å². The molecule has 0 amide bonds. The smallest absolute Gasteiger partial charge is 0.390 e. The molecular weight excluding hydrogens is 337 g/mol. The molecule has 2 heterocycles. The van der Waals surface area contributed by atoms with Gasteiger partial charge in [-0.05, 0) is 5.53 Å². The quantitative estimate of drug-likeness (QED) is 0.215. The summed E-state index contributed by atoms with van der Waals surface area (Å²) in [4.78, 5) is 44.7. The third-order valence-electron chi connectivity index (χ3n) is 3.05. The van der Waals surface area contributed by atoms with Crippen molar-refractivity contribution >= 4 is 7.82 Å². The van der Waals surface area contributed by atoms with Crippen molar-refractivity contribution in [3.63, 3.8) is 0 Å². The molecule has 23 heavy (non-hydrogen) atoms. The van der Waals surface area contributed by atoms with Crippen LogP contribution < -0.4 is 11.2 Å². The van der Waals surface area contributed by atoms with E-state index < -0.39 is 50.2 Å². The lowest BCUT2D eigenvalue weighted by molar-refractivity contribution is -0.0456. The number of aromatic nitrogens is 2. The fourth-order valence-corrected chi connectivity index (χ4v) is 2.42. The average Bonchev–Trinajstić information content (AvgIpc) is 2.74. The van der Waals surface area contributed by atoms with Crippen LogP contribution in [0.2, 0.25) is 0 Å². The van der Waals surface area contributed by atoms with Crippen molar-refractivity contribution in [1.29, 1.82) is 0 Å². The molecule has 1 aliphatic heterocycles. The lowest BCUT2D eigenvalue weighted by atomic mass is 10.1. The summed E-state index contributed by atoms with van der Waals surface area (Å²) in [5, 5.41) is 13.4. The van der Waals surface area contributed by atoms with E-state index in [2.05, 4.69) is 14.5 Å². The monoisotopic (exact) mass is 349 g/mol. The van der Waals surface area contributed by atoms with Crippen molar-refractivity contribution < 1.29 is 28.7 Å². The molecular formula is C9H12N5O8P. The predicted molar refractivity (Wildman–Crippen MR) is 72.2 cm³/mol. The van der Waals surface area contributed by atoms with Crippen molar-refractivity contribution in [3.05, 3.63) is 43.5 Å². The molecule has 0 aliphatic carbocycles. The summed E-state index contributed by atoms with van der Waals surface area (Å²) < 4.78 is 21.1. The van der Waals surface area contributed by atoms with E-state index in [4.69, 9.17) is 20.1 Å². The summed E-state index contributed by atoms with van der Waals surface area (Å²) in [5.41, 5.74) is 7.03. The summed E-state index contributed by atoms with van der Waals surface area (Å²) >= 11 is 0. The number of rotatable bonds is 5. The summed E-state index contributed by atoms with van der Waals surface area (Å²) in [5.74, 6) is 0. The maximum Gasteiger partial charge on any atom is 0.469 e. The molecule has 2 rings (SSSR count). The van der Waals surface area contributed by atoms with Crippen LogP contribution in [0.1, 0.15) is 6.23 Å². The Morgan fingerprint density at radius 1 is 1.52 bits per heavy atom. The van der Waals surface area contributed by atoms with Crippen LogP contribution >= 0.6 is 7.82 Å². The molecule has 1 aromatic heterocycles. The predicted octanol–water partition coefficient (Wildman–Crippen LogP) is -1.42. The second-order valence-corrected chi connectivity index (χ2v) is 5.79. The normalized spacial score (nSPS) is 27.6. The molecule has 0 bridgehead atoms. The van der Waals surface area contributed by atoms with Gasteiger partial charge < -0.3 is 19.6 Å². The third-order valence-corrected chi connectivity index (χ3v) is 3.54. The number of nitrogens with zero attached hydrogens (tertiary/aromatic N) is 4. The van der Waals surface area contributed by atoms with E-state index in [-0.39, 0.29) is 0 Å². The Hall–Kier alpha value is -1.98. The SMILES string of the molecule is [N-]=[N+]=N[C@@H]1[C@H](O)[C@@H](COP(=O)(O)O)O[C@H]1n1ccc(=O)[nH]c1=O. The van der Waals surface area contributed by atoms with Crippen molar-refractivity contribution in [2.45, 2.75) is 24.5 Å². The lowest BCUT2D eigenvalue weighted by Crippen LogP contribution is -2.36. The molecule has 1 saturated heterocycles. The molecule has 14 heteroatoms. The van der Waals surface area contributed by atoms with Gasteiger partial charge >= 0.3 is 13.5 Å². The molecule has 13 nitrogen and oxygen atoms in total. The van der Waals surface area contributed by atoms with E-state index in [9.17, 15) is 19.3 Å². The fraction of sp³-hybridized carbons (Fsp3) is 0.556. The topological polar surface area (TPSA) is 200 Å². The van der Waals surface area contributed by atoms with E-state index in [0.717, 1.165) is 16.8 Å². The van der Waals surface area contributed by atoms with Crippen LogP contribution in [0.15, 0.2) is 27.0 Å². The highest BCUT2D eigenvalue weighted by Gasteiger charge is 2.45. The van der Waals surface area contributed by atoms with Gasteiger partial charge in [-0.2, -0.15) is 0 Å². The zero-order valence-electron chi connectivity index (χ0n) is 11.3. The van der Waals surface area contributed by atoms with Crippen molar-refractivity contribution in [1.82, 2.24) is 9.55 Å². The average molecular weight is 349 g/mol. The zero-order valence-corrected chi connectivity index (χ0v) is 12.2. The van der Waals surface area contributed by atoms with Gasteiger partial charge in [0.2, 0.25) is 0 Å². The largest absolute Gasteiger partial charge is 0.469 e. The first-order valence-electron chi connectivity index (χ1n) is 6.12. The van der Waals surface area contributed by atoms with E-state index >= 15 is 0 Å². The van der Waals surface area contributed by atoms with E-state index in [1.165, 1.54) is 0 Å². The highest BCUT2D eigenvalue weighted by molar-refractivity contribution is 7.46. The van der Waals surface area contributed by atoms with Gasteiger partial charge in [0.05, 0.1) is 12.7 Å². The molecule has 1 aliphatic rings. The van der Waals surface area contributed by atoms with Crippen LogP contribution in [0.4, 0.5) is 0 Å². The minimum absolute atomic E-state index is 0.661. The molecule has 4 atom stereocenters. The Morgan fingerprint density at radius 3 is 2.78 bits per heavy atom. The number of aliphatic hydroxyl groups is 1. The number of phosphoric acid groups is 1. The van der Waals surface area contributed by atoms with Crippen molar-refractivity contribution in [3.8, 4) is 0 Å². The maximum absolute atomic E-state index is 11.8. The van der Waals surface area contributed by atoms with Gasteiger partial charge in [0, 0.05) is 17.2 Å². The number of aliphatic hydroxyl groups excluding tert-OH is 1. The Labute approximate surface area is 127 Å². The fourth-order valence-electron chi connectivity index (χ4n) is 2.08. The Morgan fingerprint density at radius 2 is 2.22 bits per heavy atom. The standard InChI is InChI=1S/C9H12N5O8P/c10-13-12-6-7(16)4(3-21-23(18,19)20)22-8(6)14-2-1-5(15)11-9(14)17/h1-2,4,6-8,16H,3H2,(H,11,15,17)(H2,18,19,20)/t4-,6-,7-,8-/m1/s1. The lowest BCUT2D eigenvalue weighted by Gasteiger charge is -2.17. The molecule has 0 spiro atoms. The second kappa shape index (κ2) is 6.64. The number of phosphoric ester groups is 1. The molecule has 0 unspecified atom stereocenters. The number of hydrogen-bond acceptors (Lipinski definition) is 7. The molecule has 1 aromatic rings. The molecule has 1 fully saturated rings. The number of ether oxygens (including phenoxy) is 1. The van der Waals surface area contributed by atoms with Crippen LogP contribution in [0.25, 0.3) is 10.4 Å². The minimum Gasteiger partial charge on any atom is -0.390 e. The number of azide groups is 1. The number of H-pyrrole nitrogens is 1. The summed E-state index contributed by atoms with van der Waals surface area (Å²) in [6, 6.07) is -0.252. The number of nitrogens with one attached hydrogen (secondary N) is 1. The summed E-state index contributed by atoms with van der Waals surface area (Å²) in [6.45, 7) is -0.697. The zero-order chi connectivity index (χ0) is 17.2. The summed E-state index contributed by atoms with van der Waals surface area (Å²) in [7, 11) is -4.80. The first kappa shape index (κ1) is 17.4. The minimum atomic E-state index is -4.80. The molecule has 126 valence electrons. The third kappa shape index (κ3) is 4.06. The molecule has 0 radical (unpaired) electrons. The van der Waals surface area contributed by atoms with Gasteiger partial charge in [-0.15, -0.1) is 0 Å². The molecule has 0 saturated carbocycles. The highest BCUT2D eigenvalue weighted by atomic mass is 31.2. The Kier molecular flexibility index (Phi) is 5.02. The van der Waals surface area contributed by atoms with Gasteiger partial charge in [0.1, 0.15) is 18.4 Å². The van der Waals surface area contributed by atoms with Gasteiger partial charge in [0.25, 0.3) is 5.56 Å². The first-order valence-corrected chi connectivity index (χ1v) is 7.65. The van der Waals surface area contributed by atoms with Gasteiger partial charge in [-0.1, -0.05) is 5.11 Å². The Bertz CT molecular complexity index is 779.